The van der Waals surface area contributed by atoms with Crippen molar-refractivity contribution in [3.05, 3.63) is 84.0 Å². The SMILES string of the molecule is C=C.C=C.C=C.C=C.C=C.Nc1cccc(N)c1N.O=[P+]([O-])[O-].[Na+].[Na+]. The summed E-state index contributed by atoms with van der Waals surface area (Å²) in [4.78, 5) is 17.0. The van der Waals surface area contributed by atoms with E-state index in [0.717, 1.165) is 0 Å². The molecule has 132 valence electrons. The normalized spacial score (nSPS) is 5.20. The molecule has 0 saturated heterocycles. The molecule has 1 rings (SSSR count). The van der Waals surface area contributed by atoms with E-state index in [2.05, 4.69) is 65.8 Å². The van der Waals surface area contributed by atoms with Crippen molar-refractivity contribution in [1.82, 2.24) is 0 Å². The summed E-state index contributed by atoms with van der Waals surface area (Å²) in [5.74, 6) is 0. The molecule has 6 nitrogen and oxygen atoms in total. The van der Waals surface area contributed by atoms with Gasteiger partial charge in [-0.25, -0.2) is 0 Å². The molecule has 0 radical (unpaired) electrons. The minimum Gasteiger partial charge on any atom is -0.598 e. The number of hydrogen-bond acceptors (Lipinski definition) is 6. The molecule has 1 aromatic carbocycles. The Hall–Kier alpha value is -0.660. The van der Waals surface area contributed by atoms with Crippen LogP contribution < -0.4 is 86.1 Å². The molecule has 0 atom stereocenters. The standard InChI is InChI=1S/C6H9N3.5C2H4.2Na.HO3P/c7-4-2-1-3-5(8)6(4)9;5*1-2;;;1-4(2)3/h1-3H,7-9H2;5*1-2H2;;;(H,1,2,3)/q;;;;;;2*+1;/p-1. The number of hydrogen-bond donors (Lipinski definition) is 3. The van der Waals surface area contributed by atoms with Crippen LogP contribution in [0.2, 0.25) is 0 Å². The van der Waals surface area contributed by atoms with Crippen LogP contribution in [0.5, 0.6) is 0 Å². The molecule has 6 N–H and O–H groups in total. The Morgan fingerprint density at radius 1 is 0.680 bits per heavy atom. The molecule has 0 aliphatic heterocycles. The van der Waals surface area contributed by atoms with Crippen LogP contribution in [0.1, 0.15) is 0 Å². The van der Waals surface area contributed by atoms with E-state index in [1.807, 2.05) is 0 Å². The van der Waals surface area contributed by atoms with Crippen LogP contribution in [-0.2, 0) is 4.57 Å². The molecule has 0 bridgehead atoms. The van der Waals surface area contributed by atoms with Gasteiger partial charge >= 0.3 is 59.1 Å². The van der Waals surface area contributed by atoms with E-state index in [0.29, 0.717) is 17.1 Å². The van der Waals surface area contributed by atoms with E-state index in [9.17, 15) is 0 Å². The summed E-state index contributed by atoms with van der Waals surface area (Å²) in [5.41, 5.74) is 17.8. The zero-order valence-electron chi connectivity index (χ0n) is 15.7. The largest absolute Gasteiger partial charge is 1.00 e. The molecule has 0 aromatic heterocycles. The first-order valence-corrected chi connectivity index (χ1v) is 6.75. The Bertz CT molecular complexity index is 352. The number of nitrogens with two attached hydrogens (primary N) is 3. The van der Waals surface area contributed by atoms with Gasteiger partial charge in [0.2, 0.25) is 0 Å². The molecule has 9 heteroatoms. The number of anilines is 3. The van der Waals surface area contributed by atoms with Gasteiger partial charge < -0.3 is 27.0 Å². The van der Waals surface area contributed by atoms with Crippen LogP contribution in [0.15, 0.2) is 84.0 Å². The first-order chi connectivity index (χ1) is 10.9. The van der Waals surface area contributed by atoms with Crippen LogP contribution in [-0.4, -0.2) is 0 Å². The zero-order chi connectivity index (χ0) is 20.4. The topological polar surface area (TPSA) is 141 Å². The average Bonchev–Trinajstić information content (AvgIpc) is 2.61. The van der Waals surface area contributed by atoms with Gasteiger partial charge in [0.25, 0.3) is 8.25 Å². The number of rotatable bonds is 0. The molecule has 0 amide bonds. The van der Waals surface area contributed by atoms with E-state index >= 15 is 0 Å². The Morgan fingerprint density at radius 2 is 0.840 bits per heavy atom. The minimum atomic E-state index is -3.37. The number of benzene rings is 1. The second-order valence-corrected chi connectivity index (χ2v) is 2.52. The minimum absolute atomic E-state index is 0. The third kappa shape index (κ3) is 59.7. The van der Waals surface area contributed by atoms with Gasteiger partial charge in [0.05, 0.1) is 17.1 Å². The summed E-state index contributed by atoms with van der Waals surface area (Å²) in [7, 11) is -3.37. The summed E-state index contributed by atoms with van der Waals surface area (Å²) in [6.07, 6.45) is 0. The van der Waals surface area contributed by atoms with Gasteiger partial charge in [-0.3, -0.25) is 0 Å². The molecule has 25 heavy (non-hydrogen) atoms. The van der Waals surface area contributed by atoms with Crippen molar-refractivity contribution in [2.75, 3.05) is 17.2 Å². The first-order valence-electron chi connectivity index (χ1n) is 5.66. The molecule has 0 spiro atoms. The van der Waals surface area contributed by atoms with Crippen molar-refractivity contribution < 1.29 is 73.5 Å². The van der Waals surface area contributed by atoms with E-state index in [1.165, 1.54) is 0 Å². The van der Waals surface area contributed by atoms with Crippen molar-refractivity contribution in [2.24, 2.45) is 0 Å². The third-order valence-corrected chi connectivity index (χ3v) is 1.17. The predicted molar refractivity (Wildman–Crippen MR) is 104 cm³/mol. The van der Waals surface area contributed by atoms with Crippen LogP contribution in [0.3, 0.4) is 0 Å². The number of para-hydroxylation sites is 1. The summed E-state index contributed by atoms with van der Waals surface area (Å²) >= 11 is 0. The maximum Gasteiger partial charge on any atom is 1.00 e. The molecule has 0 fully saturated rings. The Morgan fingerprint density at radius 3 is 0.960 bits per heavy atom. The fourth-order valence-electron chi connectivity index (χ4n) is 0.602. The Kier molecular flexibility index (Phi) is 113. The van der Waals surface area contributed by atoms with Gasteiger partial charge in [0, 0.05) is 0 Å². The van der Waals surface area contributed by atoms with E-state index in [4.69, 9.17) is 31.6 Å². The fraction of sp³-hybridized carbons (Fsp3) is 0. The Balaban J connectivity index is -0.0000000261. The molecule has 0 saturated carbocycles. The summed E-state index contributed by atoms with van der Waals surface area (Å²) in [6.45, 7) is 30.0. The zero-order valence-corrected chi connectivity index (χ0v) is 20.6. The van der Waals surface area contributed by atoms with Gasteiger partial charge in [-0.2, -0.15) is 0 Å². The summed E-state index contributed by atoms with van der Waals surface area (Å²) in [6, 6.07) is 5.19. The van der Waals surface area contributed by atoms with Crippen molar-refractivity contribution >= 4 is 25.3 Å². The van der Waals surface area contributed by atoms with E-state index in [-0.39, 0.29) is 59.1 Å². The quantitative estimate of drug-likeness (QED) is 0.185. The van der Waals surface area contributed by atoms with Gasteiger partial charge in [-0.05, 0) is 12.1 Å². The van der Waals surface area contributed by atoms with Crippen molar-refractivity contribution in [3.8, 4) is 0 Å². The number of nitrogen functional groups attached to an aromatic ring is 3. The fourth-order valence-corrected chi connectivity index (χ4v) is 0.602. The Labute approximate surface area is 198 Å². The van der Waals surface area contributed by atoms with E-state index in [1.54, 1.807) is 18.2 Å². The maximum atomic E-state index is 8.48. The molecule has 0 aliphatic rings. The third-order valence-electron chi connectivity index (χ3n) is 1.17. The van der Waals surface area contributed by atoms with Crippen LogP contribution in [0, 0.1) is 0 Å². The molecule has 1 aromatic rings. The van der Waals surface area contributed by atoms with Crippen molar-refractivity contribution in [3.63, 3.8) is 0 Å². The second-order valence-electron chi connectivity index (χ2n) is 2.07. The van der Waals surface area contributed by atoms with Crippen molar-refractivity contribution in [1.29, 1.82) is 0 Å². The van der Waals surface area contributed by atoms with Crippen LogP contribution in [0.25, 0.3) is 0 Å². The summed E-state index contributed by atoms with van der Waals surface area (Å²) < 4.78 is 8.48. The second kappa shape index (κ2) is 56.6. The molecular formula is C16H29N3Na2O3P+. The van der Waals surface area contributed by atoms with Crippen molar-refractivity contribution in [2.45, 2.75) is 0 Å². The van der Waals surface area contributed by atoms with Crippen LogP contribution in [0.4, 0.5) is 17.1 Å². The molecule has 0 unspecified atom stereocenters. The van der Waals surface area contributed by atoms with Gasteiger partial charge in [-0.15, -0.1) is 65.8 Å². The van der Waals surface area contributed by atoms with Gasteiger partial charge in [0.15, 0.2) is 0 Å². The molecule has 0 heterocycles. The van der Waals surface area contributed by atoms with Crippen LogP contribution >= 0.6 is 8.25 Å². The van der Waals surface area contributed by atoms with E-state index < -0.39 is 8.25 Å². The maximum absolute atomic E-state index is 8.48. The summed E-state index contributed by atoms with van der Waals surface area (Å²) in [5, 5.41) is 0. The first kappa shape index (κ1) is 49.7. The monoisotopic (exact) mass is 388 g/mol. The van der Waals surface area contributed by atoms with Gasteiger partial charge in [-0.1, -0.05) is 10.6 Å². The average molecular weight is 388 g/mol. The molecular weight excluding hydrogens is 359 g/mol. The van der Waals surface area contributed by atoms with Gasteiger partial charge in [0.1, 0.15) is 0 Å². The smallest absolute Gasteiger partial charge is 0.598 e. The predicted octanol–water partition coefficient (Wildman–Crippen LogP) is -3.18. The molecule has 0 aliphatic carbocycles.